The first-order valence-corrected chi connectivity index (χ1v) is 5.01. The monoisotopic (exact) mass is 217 g/mol. The second-order valence-electron chi connectivity index (χ2n) is 2.56. The fourth-order valence-electron chi connectivity index (χ4n) is 0.550. The van der Waals surface area contributed by atoms with E-state index in [1.807, 2.05) is 20.8 Å². The molecule has 0 aliphatic rings. The molecule has 3 heteroatoms. The van der Waals surface area contributed by atoms with Gasteiger partial charge in [-0.1, -0.05) is 0 Å². The van der Waals surface area contributed by atoms with E-state index in [4.69, 9.17) is 0 Å². The molecule has 0 spiro atoms. The number of amides is 1. The third kappa shape index (κ3) is 4.26. The molecule has 0 fully saturated rings. The van der Waals surface area contributed by atoms with Crippen LogP contribution < -0.4 is 5.32 Å². The van der Waals surface area contributed by atoms with Gasteiger partial charge in [-0.05, 0) is 0 Å². The molecule has 0 radical (unpaired) electrons. The predicted octanol–water partition coefficient (Wildman–Crippen LogP) is 0.440. The third-order valence-corrected chi connectivity index (χ3v) is 2.38. The molecule has 64 valence electrons. The molecule has 1 amide bonds. The van der Waals surface area contributed by atoms with Gasteiger partial charge in [-0.15, -0.1) is 0 Å². The zero-order chi connectivity index (χ0) is 8.85. The Morgan fingerprint density at radius 2 is 2.00 bits per heavy atom. The van der Waals surface area contributed by atoms with Crippen LogP contribution in [0.2, 0.25) is 0 Å². The topological polar surface area (TPSA) is 29.1 Å². The summed E-state index contributed by atoms with van der Waals surface area (Å²) in [7, 11) is 0. The van der Waals surface area contributed by atoms with Crippen molar-refractivity contribution in [2.24, 2.45) is 0 Å². The van der Waals surface area contributed by atoms with Crippen LogP contribution in [0.3, 0.4) is 0 Å². The quantitative estimate of drug-likeness (QED) is 0.539. The first kappa shape index (κ1) is 10.8. The van der Waals surface area contributed by atoms with Crippen molar-refractivity contribution in [2.45, 2.75) is 27.2 Å². The summed E-state index contributed by atoms with van der Waals surface area (Å²) in [5, 5.41) is 2.83. The number of rotatable bonds is 3. The van der Waals surface area contributed by atoms with Crippen LogP contribution >= 0.6 is 0 Å². The first-order valence-electron chi connectivity index (χ1n) is 3.80. The Balaban J connectivity index is 3.95. The normalized spacial score (nSPS) is 12.4. The van der Waals surface area contributed by atoms with Crippen molar-refractivity contribution in [3.05, 3.63) is 9.93 Å². The van der Waals surface area contributed by atoms with Gasteiger partial charge in [0.05, 0.1) is 0 Å². The van der Waals surface area contributed by atoms with Crippen LogP contribution in [-0.4, -0.2) is 29.3 Å². The number of allylic oxidation sites excluding steroid dienone is 1. The summed E-state index contributed by atoms with van der Waals surface area (Å²) in [5.74, 6) is 0.0775. The van der Waals surface area contributed by atoms with E-state index in [2.05, 4.69) is 5.32 Å². The molecule has 0 saturated carbocycles. The number of hydrogen-bond donors (Lipinski definition) is 1. The van der Waals surface area contributed by atoms with Crippen molar-refractivity contribution in [3.63, 3.8) is 0 Å². The fraction of sp³-hybridized carbons (Fsp3) is 0.625. The van der Waals surface area contributed by atoms with Crippen molar-refractivity contribution in [1.82, 2.24) is 5.32 Å². The van der Waals surface area contributed by atoms with Crippen LogP contribution in [0.15, 0.2) is 9.93 Å². The minimum absolute atomic E-state index is 0.0775. The van der Waals surface area contributed by atoms with Gasteiger partial charge in [-0.25, -0.2) is 0 Å². The van der Waals surface area contributed by atoms with Gasteiger partial charge in [-0.3, -0.25) is 0 Å². The van der Waals surface area contributed by atoms with E-state index in [-0.39, 0.29) is 5.91 Å². The molecule has 0 aliphatic carbocycles. The number of nitrogens with one attached hydrogen (secondary N) is 1. The average Bonchev–Trinajstić information content (AvgIpc) is 1.98. The molecule has 0 aromatic heterocycles. The molecular weight excluding hydrogens is 201 g/mol. The SMILES string of the molecule is CCCNC(=O)/C(C)=C(/C)[AsH2]. The van der Waals surface area contributed by atoms with Gasteiger partial charge in [0.15, 0.2) is 0 Å². The molecule has 0 rings (SSSR count). The Morgan fingerprint density at radius 1 is 1.45 bits per heavy atom. The molecule has 1 unspecified atom stereocenters. The summed E-state index contributed by atoms with van der Waals surface area (Å²) in [4.78, 5) is 11.2. The van der Waals surface area contributed by atoms with Crippen molar-refractivity contribution < 1.29 is 4.79 Å². The zero-order valence-electron chi connectivity index (χ0n) is 7.40. The molecular formula is C8H16AsNO. The number of carbonyl (C=O) groups excluding carboxylic acids is 1. The average molecular weight is 217 g/mol. The second kappa shape index (κ2) is 5.42. The Kier molecular flexibility index (Phi) is 5.31. The van der Waals surface area contributed by atoms with Crippen molar-refractivity contribution in [3.8, 4) is 0 Å². The Bertz CT molecular complexity index is 171. The van der Waals surface area contributed by atoms with Crippen LogP contribution in [0.1, 0.15) is 27.2 Å². The molecule has 0 aliphatic heterocycles. The Morgan fingerprint density at radius 3 is 2.36 bits per heavy atom. The van der Waals surface area contributed by atoms with Gasteiger partial charge in [0.25, 0.3) is 0 Å². The van der Waals surface area contributed by atoms with Gasteiger partial charge < -0.3 is 0 Å². The van der Waals surface area contributed by atoms with Crippen molar-refractivity contribution in [2.75, 3.05) is 6.54 Å². The summed E-state index contributed by atoms with van der Waals surface area (Å²) < 4.78 is 1.14. The van der Waals surface area contributed by atoms with E-state index in [1.54, 1.807) is 0 Å². The maximum absolute atomic E-state index is 11.2. The molecule has 0 saturated heterocycles. The number of hydrogen-bond acceptors (Lipinski definition) is 1. The van der Waals surface area contributed by atoms with Crippen LogP contribution in [0, 0.1) is 0 Å². The molecule has 0 bridgehead atoms. The first-order chi connectivity index (χ1) is 5.09. The van der Waals surface area contributed by atoms with Gasteiger partial charge >= 0.3 is 76.5 Å². The Labute approximate surface area is 76.9 Å². The maximum atomic E-state index is 11.2. The Hall–Kier alpha value is -0.232. The minimum atomic E-state index is 0.0775. The van der Waals surface area contributed by atoms with E-state index >= 15 is 0 Å². The van der Waals surface area contributed by atoms with Crippen LogP contribution in [0.4, 0.5) is 0 Å². The molecule has 0 aromatic carbocycles. The van der Waals surface area contributed by atoms with E-state index in [9.17, 15) is 4.79 Å². The van der Waals surface area contributed by atoms with E-state index in [0.29, 0.717) is 0 Å². The molecule has 1 N–H and O–H groups in total. The number of carbonyl (C=O) groups is 1. The van der Waals surface area contributed by atoms with Gasteiger partial charge in [0, 0.05) is 0 Å². The molecule has 2 nitrogen and oxygen atoms in total. The predicted molar refractivity (Wildman–Crippen MR) is 50.2 cm³/mol. The van der Waals surface area contributed by atoms with Crippen molar-refractivity contribution >= 4 is 22.8 Å². The fourth-order valence-corrected chi connectivity index (χ4v) is 0.825. The van der Waals surface area contributed by atoms with E-state index < -0.39 is 0 Å². The molecule has 1 atom stereocenters. The van der Waals surface area contributed by atoms with Gasteiger partial charge in [-0.2, -0.15) is 0 Å². The van der Waals surface area contributed by atoms with Crippen molar-refractivity contribution in [1.29, 1.82) is 0 Å². The summed E-state index contributed by atoms with van der Waals surface area (Å²) >= 11 is 1.51. The molecule has 11 heavy (non-hydrogen) atoms. The summed E-state index contributed by atoms with van der Waals surface area (Å²) in [5.41, 5.74) is 0.860. The zero-order valence-corrected chi connectivity index (χ0v) is 9.82. The van der Waals surface area contributed by atoms with E-state index in [1.165, 1.54) is 16.9 Å². The standard InChI is InChI=1S/C8H16AsNO/c1-4-5-10-8(11)6(2)7(3)9/h4-5,9H2,1-3H3,(H,10,11)/b7-6-. The van der Waals surface area contributed by atoms with Crippen LogP contribution in [0.25, 0.3) is 0 Å². The van der Waals surface area contributed by atoms with E-state index in [0.717, 1.165) is 22.9 Å². The van der Waals surface area contributed by atoms with Crippen LogP contribution in [0.5, 0.6) is 0 Å². The molecule has 0 heterocycles. The van der Waals surface area contributed by atoms with Crippen LogP contribution in [-0.2, 0) is 4.79 Å². The second-order valence-corrected chi connectivity index (χ2v) is 4.38. The van der Waals surface area contributed by atoms with Gasteiger partial charge in [0.2, 0.25) is 0 Å². The third-order valence-electron chi connectivity index (χ3n) is 1.47. The summed E-state index contributed by atoms with van der Waals surface area (Å²) in [6.07, 6.45) is 0.993. The van der Waals surface area contributed by atoms with Gasteiger partial charge in [0.1, 0.15) is 0 Å². The summed E-state index contributed by atoms with van der Waals surface area (Å²) in [6.45, 7) is 6.65. The summed E-state index contributed by atoms with van der Waals surface area (Å²) in [6, 6.07) is 0. The molecule has 0 aromatic rings.